The molecular weight excluding hydrogens is 269 g/mol. The van der Waals surface area contributed by atoms with Gasteiger partial charge in [-0.2, -0.15) is 0 Å². The molecule has 2 aromatic rings. The largest absolute Gasteiger partial charge is 0.270 e. The van der Waals surface area contributed by atoms with E-state index in [1.165, 1.54) is 12.1 Å². The molecule has 0 aliphatic heterocycles. The molecule has 0 unspecified atom stereocenters. The summed E-state index contributed by atoms with van der Waals surface area (Å²) in [5.41, 5.74) is 0. The van der Waals surface area contributed by atoms with Crippen LogP contribution < -0.4 is 0 Å². The molecule has 0 fully saturated rings. The molecule has 0 aliphatic rings. The molecule has 0 heterocycles. The molecule has 2 rings (SSSR count). The van der Waals surface area contributed by atoms with Gasteiger partial charge in [0.05, 0.1) is 4.90 Å². The molecule has 0 aliphatic carbocycles. The lowest BCUT2D eigenvalue weighted by Crippen LogP contribution is -2.12. The van der Waals surface area contributed by atoms with Gasteiger partial charge in [0.2, 0.25) is 0 Å². The summed E-state index contributed by atoms with van der Waals surface area (Å²) in [5, 5.41) is 1.77. The van der Waals surface area contributed by atoms with E-state index < -0.39 is 10.0 Å². The average molecular weight is 276 g/mol. The van der Waals surface area contributed by atoms with Crippen LogP contribution in [-0.2, 0) is 10.0 Å². The first kappa shape index (κ1) is 11.7. The van der Waals surface area contributed by atoms with Gasteiger partial charge >= 0.3 is 0 Å². The van der Waals surface area contributed by atoms with Crippen LogP contribution in [0.15, 0.2) is 47.4 Å². The summed E-state index contributed by atoms with van der Waals surface area (Å²) in [5.74, 6) is 0. The minimum Gasteiger partial charge on any atom is -0.204 e. The molecule has 6 heteroatoms. The molecule has 0 saturated carbocycles. The molecule has 0 N–H and O–H groups in total. The van der Waals surface area contributed by atoms with Crippen LogP contribution in [0.4, 0.5) is 0 Å². The molecule has 0 bridgehead atoms. The second-order valence-corrected chi connectivity index (χ2v) is 6.22. The van der Waals surface area contributed by atoms with Crippen molar-refractivity contribution in [1.82, 2.24) is 3.34 Å². The van der Waals surface area contributed by atoms with Gasteiger partial charge in [0.25, 0.3) is 10.0 Å². The van der Waals surface area contributed by atoms with E-state index in [0.29, 0.717) is 0 Å². The zero-order valence-corrected chi connectivity index (χ0v) is 10.3. The number of benzene rings is 2. The van der Waals surface area contributed by atoms with Gasteiger partial charge in [0.15, 0.2) is 0 Å². The predicted molar refractivity (Wildman–Crippen MR) is 64.7 cm³/mol. The zero-order valence-electron chi connectivity index (χ0n) is 7.97. The molecule has 0 atom stereocenters. The van der Waals surface area contributed by atoms with Gasteiger partial charge in [-0.05, 0) is 26.2 Å². The summed E-state index contributed by atoms with van der Waals surface area (Å²) in [7, 11) is -3.80. The number of sulfonamides is 1. The summed E-state index contributed by atoms with van der Waals surface area (Å²) >= 11 is 10.5. The summed E-state index contributed by atoms with van der Waals surface area (Å²) in [4.78, 5) is 0.0659. The lowest BCUT2D eigenvalue weighted by molar-refractivity contribution is 0.579. The summed E-state index contributed by atoms with van der Waals surface area (Å²) in [6.45, 7) is 0. The Morgan fingerprint density at radius 2 is 1.56 bits per heavy atom. The number of hydrogen-bond donors (Lipinski definition) is 0. The van der Waals surface area contributed by atoms with E-state index in [1.54, 1.807) is 6.07 Å². The highest BCUT2D eigenvalue weighted by atomic mass is 35.5. The third-order valence-corrected chi connectivity index (χ3v) is 4.50. The van der Waals surface area contributed by atoms with Crippen LogP contribution in [0.5, 0.6) is 0 Å². The predicted octanol–water partition coefficient (Wildman–Crippen LogP) is 3.14. The Balaban J connectivity index is 2.65. The van der Waals surface area contributed by atoms with Crippen molar-refractivity contribution in [2.75, 3.05) is 0 Å². The van der Waals surface area contributed by atoms with E-state index in [9.17, 15) is 8.42 Å². The van der Waals surface area contributed by atoms with Crippen molar-refractivity contribution in [2.45, 2.75) is 4.90 Å². The maximum atomic E-state index is 11.6. The second kappa shape index (κ2) is 4.22. The van der Waals surface area contributed by atoms with E-state index in [2.05, 4.69) is 0 Å². The number of fused-ring (bicyclic) bond motifs is 1. The molecule has 0 radical (unpaired) electrons. The van der Waals surface area contributed by atoms with Gasteiger partial charge in [-0.15, -0.1) is 0 Å². The van der Waals surface area contributed by atoms with Crippen molar-refractivity contribution >= 4 is 44.3 Å². The first-order valence-electron chi connectivity index (χ1n) is 4.37. The lowest BCUT2D eigenvalue weighted by atomic mass is 10.1. The third kappa shape index (κ3) is 2.01. The fourth-order valence-corrected chi connectivity index (χ4v) is 2.56. The van der Waals surface area contributed by atoms with Crippen molar-refractivity contribution in [1.29, 1.82) is 0 Å². The second-order valence-electron chi connectivity index (χ2n) is 3.19. The van der Waals surface area contributed by atoms with Gasteiger partial charge in [-0.3, -0.25) is 0 Å². The van der Waals surface area contributed by atoms with Crippen LogP contribution in [0.1, 0.15) is 0 Å². The Hall–Kier alpha value is -0.810. The van der Waals surface area contributed by atoms with E-state index in [-0.39, 0.29) is 8.24 Å². The van der Waals surface area contributed by atoms with Gasteiger partial charge in [-0.25, -0.2) is 8.42 Å². The fourth-order valence-electron chi connectivity index (χ4n) is 1.41. The number of hydrogen-bond acceptors (Lipinski definition) is 2. The fraction of sp³-hybridized carbons (Fsp3) is 0. The molecule has 0 spiro atoms. The maximum absolute atomic E-state index is 11.6. The first-order chi connectivity index (χ1) is 7.51. The molecule has 2 aromatic carbocycles. The number of nitrogens with zero attached hydrogens (tertiary/aromatic N) is 1. The van der Waals surface area contributed by atoms with Crippen LogP contribution >= 0.6 is 23.6 Å². The Labute approximate surface area is 103 Å². The van der Waals surface area contributed by atoms with Gasteiger partial charge in [-0.1, -0.05) is 30.3 Å². The van der Waals surface area contributed by atoms with Crippen molar-refractivity contribution in [3.63, 3.8) is 0 Å². The molecule has 16 heavy (non-hydrogen) atoms. The Kier molecular flexibility index (Phi) is 3.08. The Bertz CT molecular complexity index is 626. The molecule has 0 saturated heterocycles. The maximum Gasteiger partial charge on any atom is 0.270 e. The van der Waals surface area contributed by atoms with Crippen LogP contribution in [0.2, 0.25) is 0 Å². The highest BCUT2D eigenvalue weighted by Gasteiger charge is 2.21. The van der Waals surface area contributed by atoms with E-state index in [4.69, 9.17) is 23.6 Å². The highest BCUT2D eigenvalue weighted by molar-refractivity contribution is 7.91. The van der Waals surface area contributed by atoms with Gasteiger partial charge < -0.3 is 0 Å². The van der Waals surface area contributed by atoms with Crippen LogP contribution in [0, 0.1) is 0 Å². The standard InChI is InChI=1S/C10H7Cl2NO2S/c11-13(12)16(14,15)10-6-5-8-3-1-2-4-9(8)7-10/h1-7H. The first-order valence-corrected chi connectivity index (χ1v) is 6.49. The number of halogens is 2. The summed E-state index contributed by atoms with van der Waals surface area (Å²) in [6.07, 6.45) is 0. The van der Waals surface area contributed by atoms with Crippen molar-refractivity contribution in [2.24, 2.45) is 0 Å². The Morgan fingerprint density at radius 1 is 0.938 bits per heavy atom. The van der Waals surface area contributed by atoms with E-state index in [1.807, 2.05) is 24.3 Å². The van der Waals surface area contributed by atoms with Gasteiger partial charge in [0, 0.05) is 23.6 Å². The van der Waals surface area contributed by atoms with E-state index >= 15 is 0 Å². The molecule has 0 amide bonds. The van der Waals surface area contributed by atoms with Crippen molar-refractivity contribution in [3.8, 4) is 0 Å². The van der Waals surface area contributed by atoms with Crippen LogP contribution in [-0.4, -0.2) is 11.8 Å². The van der Waals surface area contributed by atoms with E-state index in [0.717, 1.165) is 10.8 Å². The zero-order chi connectivity index (χ0) is 11.8. The lowest BCUT2D eigenvalue weighted by Gasteiger charge is -2.06. The van der Waals surface area contributed by atoms with Crippen molar-refractivity contribution < 1.29 is 8.42 Å². The summed E-state index contributed by atoms with van der Waals surface area (Å²) in [6, 6.07) is 12.1. The van der Waals surface area contributed by atoms with Gasteiger partial charge in [0.1, 0.15) is 0 Å². The minimum absolute atomic E-state index is 0.0659. The highest BCUT2D eigenvalue weighted by Crippen LogP contribution is 2.23. The smallest absolute Gasteiger partial charge is 0.204 e. The number of rotatable bonds is 2. The normalized spacial score (nSPS) is 12.2. The molecule has 3 nitrogen and oxygen atoms in total. The third-order valence-electron chi connectivity index (χ3n) is 2.20. The average Bonchev–Trinajstić information content (AvgIpc) is 2.28. The van der Waals surface area contributed by atoms with Crippen LogP contribution in [0.3, 0.4) is 0 Å². The summed E-state index contributed by atoms with van der Waals surface area (Å²) < 4.78 is 23.4. The molecular formula is C10H7Cl2NO2S. The monoisotopic (exact) mass is 275 g/mol. The Morgan fingerprint density at radius 3 is 2.19 bits per heavy atom. The topological polar surface area (TPSA) is 37.4 Å². The quantitative estimate of drug-likeness (QED) is 0.790. The molecule has 0 aromatic heterocycles. The van der Waals surface area contributed by atoms with Crippen molar-refractivity contribution in [3.05, 3.63) is 42.5 Å². The van der Waals surface area contributed by atoms with Crippen LogP contribution in [0.25, 0.3) is 10.8 Å². The molecule has 84 valence electrons. The minimum atomic E-state index is -3.80. The SMILES string of the molecule is O=S(=O)(c1ccc2ccccc2c1)N(Cl)Cl.